The summed E-state index contributed by atoms with van der Waals surface area (Å²) in [5.41, 5.74) is -0.974. The van der Waals surface area contributed by atoms with E-state index in [1.807, 2.05) is 0 Å². The molecule has 1 aromatic carbocycles. The molecule has 2 heterocycles. The van der Waals surface area contributed by atoms with Crippen molar-refractivity contribution in [3.63, 3.8) is 0 Å². The molecule has 2 fully saturated rings. The van der Waals surface area contributed by atoms with Crippen LogP contribution in [0.4, 0.5) is 4.79 Å². The number of hydrogen-bond donors (Lipinski definition) is 1. The number of likely N-dealkylation sites (N-methyl/N-ethyl adjacent to an activating group) is 1. The van der Waals surface area contributed by atoms with E-state index in [1.54, 1.807) is 12.1 Å². The lowest BCUT2D eigenvalue weighted by molar-refractivity contribution is -0.131. The lowest BCUT2D eigenvalue weighted by atomic mass is 9.88. The summed E-state index contributed by atoms with van der Waals surface area (Å²) < 4.78 is 31.8. The van der Waals surface area contributed by atoms with Gasteiger partial charge < -0.3 is 10.1 Å². The standard InChI is InChI=1S/C15H19N3O5S/c1-17-13(19)15(16-14(17)20)7-9-18(10-8-15)24(21,22)12-5-3-11(23-2)4-6-12/h3-6H,7-10H2,1-2H3,(H,16,20). The van der Waals surface area contributed by atoms with Crippen molar-refractivity contribution < 1.29 is 22.7 Å². The second-order valence-corrected chi connectivity index (χ2v) is 7.89. The Kier molecular flexibility index (Phi) is 4.00. The van der Waals surface area contributed by atoms with Gasteiger partial charge in [0.1, 0.15) is 11.3 Å². The maximum atomic E-state index is 12.7. The number of urea groups is 1. The molecule has 1 aromatic rings. The van der Waals surface area contributed by atoms with E-state index in [1.165, 1.54) is 30.6 Å². The zero-order chi connectivity index (χ0) is 17.5. The number of piperidine rings is 1. The molecule has 2 saturated heterocycles. The molecule has 0 atom stereocenters. The van der Waals surface area contributed by atoms with Crippen LogP contribution >= 0.6 is 0 Å². The lowest BCUT2D eigenvalue weighted by Crippen LogP contribution is -2.55. The summed E-state index contributed by atoms with van der Waals surface area (Å²) in [7, 11) is -0.703. The highest BCUT2D eigenvalue weighted by molar-refractivity contribution is 7.89. The smallest absolute Gasteiger partial charge is 0.324 e. The molecule has 0 aliphatic carbocycles. The largest absolute Gasteiger partial charge is 0.497 e. The summed E-state index contributed by atoms with van der Waals surface area (Å²) >= 11 is 0. The van der Waals surface area contributed by atoms with E-state index in [9.17, 15) is 18.0 Å². The quantitative estimate of drug-likeness (QED) is 0.794. The van der Waals surface area contributed by atoms with Gasteiger partial charge in [-0.2, -0.15) is 4.31 Å². The number of sulfonamides is 1. The molecule has 9 heteroatoms. The summed E-state index contributed by atoms with van der Waals surface area (Å²) in [5.74, 6) is 0.280. The highest BCUT2D eigenvalue weighted by Crippen LogP contribution is 2.31. The van der Waals surface area contributed by atoms with Gasteiger partial charge in [0.25, 0.3) is 5.91 Å². The van der Waals surface area contributed by atoms with E-state index >= 15 is 0 Å². The van der Waals surface area contributed by atoms with Crippen LogP contribution in [0.1, 0.15) is 12.8 Å². The summed E-state index contributed by atoms with van der Waals surface area (Å²) in [4.78, 5) is 25.1. The molecule has 1 N–H and O–H groups in total. The van der Waals surface area contributed by atoms with Crippen molar-refractivity contribution in [3.05, 3.63) is 24.3 Å². The minimum Gasteiger partial charge on any atom is -0.497 e. The number of amides is 3. The number of nitrogens with zero attached hydrogens (tertiary/aromatic N) is 2. The maximum Gasteiger partial charge on any atom is 0.324 e. The number of carbonyl (C=O) groups is 2. The molecule has 8 nitrogen and oxygen atoms in total. The van der Waals surface area contributed by atoms with Crippen LogP contribution in [0, 0.1) is 0 Å². The van der Waals surface area contributed by atoms with Gasteiger partial charge in [-0.25, -0.2) is 13.2 Å². The van der Waals surface area contributed by atoms with Crippen molar-refractivity contribution in [3.8, 4) is 5.75 Å². The first-order chi connectivity index (χ1) is 11.3. The van der Waals surface area contributed by atoms with E-state index < -0.39 is 21.6 Å². The molecule has 0 saturated carbocycles. The van der Waals surface area contributed by atoms with Crippen molar-refractivity contribution in [2.24, 2.45) is 0 Å². The average Bonchev–Trinajstić information content (AvgIpc) is 2.79. The summed E-state index contributed by atoms with van der Waals surface area (Å²) in [6.07, 6.45) is 0.522. The van der Waals surface area contributed by atoms with Crippen molar-refractivity contribution in [2.75, 3.05) is 27.2 Å². The number of methoxy groups -OCH3 is 1. The molecular weight excluding hydrogens is 334 g/mol. The van der Waals surface area contributed by atoms with E-state index in [2.05, 4.69) is 5.32 Å². The Balaban J connectivity index is 1.76. The van der Waals surface area contributed by atoms with Crippen LogP contribution in [0.3, 0.4) is 0 Å². The highest BCUT2D eigenvalue weighted by Gasteiger charge is 2.52. The maximum absolute atomic E-state index is 12.7. The Hall–Kier alpha value is -2.13. The molecule has 130 valence electrons. The first-order valence-corrected chi connectivity index (χ1v) is 8.99. The predicted octanol–water partition coefficient (Wildman–Crippen LogP) is 0.400. The number of carbonyl (C=O) groups excluding carboxylic acids is 2. The van der Waals surface area contributed by atoms with Crippen molar-refractivity contribution in [1.82, 2.24) is 14.5 Å². The van der Waals surface area contributed by atoms with Gasteiger partial charge in [0.2, 0.25) is 10.0 Å². The SMILES string of the molecule is COc1ccc(S(=O)(=O)N2CCC3(CC2)NC(=O)N(C)C3=O)cc1. The van der Waals surface area contributed by atoms with Gasteiger partial charge in [0.05, 0.1) is 12.0 Å². The minimum absolute atomic E-state index is 0.175. The van der Waals surface area contributed by atoms with Gasteiger partial charge in [-0.3, -0.25) is 9.69 Å². The number of hydrogen-bond acceptors (Lipinski definition) is 5. The lowest BCUT2D eigenvalue weighted by Gasteiger charge is -2.36. The third-order valence-electron chi connectivity index (χ3n) is 4.64. The number of nitrogens with one attached hydrogen (secondary N) is 1. The Morgan fingerprint density at radius 1 is 1.12 bits per heavy atom. The second-order valence-electron chi connectivity index (χ2n) is 5.96. The molecule has 2 aliphatic heterocycles. The van der Waals surface area contributed by atoms with E-state index in [-0.39, 0.29) is 36.7 Å². The molecule has 0 aromatic heterocycles. The van der Waals surface area contributed by atoms with Gasteiger partial charge in [0, 0.05) is 20.1 Å². The molecule has 0 radical (unpaired) electrons. The monoisotopic (exact) mass is 353 g/mol. The number of benzene rings is 1. The molecule has 0 unspecified atom stereocenters. The van der Waals surface area contributed by atoms with Crippen LogP contribution in [-0.4, -0.2) is 62.3 Å². The van der Waals surface area contributed by atoms with Crippen LogP contribution < -0.4 is 10.1 Å². The molecule has 2 aliphatic rings. The molecule has 3 rings (SSSR count). The van der Waals surface area contributed by atoms with E-state index in [0.29, 0.717) is 5.75 Å². The van der Waals surface area contributed by atoms with Gasteiger partial charge in [-0.15, -0.1) is 0 Å². The molecule has 3 amide bonds. The topological polar surface area (TPSA) is 96.0 Å². The summed E-state index contributed by atoms with van der Waals surface area (Å²) in [6, 6.07) is 5.73. The fourth-order valence-electron chi connectivity index (χ4n) is 3.10. The van der Waals surface area contributed by atoms with Crippen molar-refractivity contribution in [1.29, 1.82) is 0 Å². The first-order valence-electron chi connectivity index (χ1n) is 7.55. The van der Waals surface area contributed by atoms with Crippen LogP contribution in [0.2, 0.25) is 0 Å². The van der Waals surface area contributed by atoms with Crippen LogP contribution in [0.25, 0.3) is 0 Å². The fourth-order valence-corrected chi connectivity index (χ4v) is 4.54. The Labute approximate surface area is 140 Å². The normalized spacial score (nSPS) is 21.2. The number of ether oxygens (including phenoxy) is 1. The number of rotatable bonds is 3. The number of imide groups is 1. The van der Waals surface area contributed by atoms with Gasteiger partial charge >= 0.3 is 6.03 Å². The summed E-state index contributed by atoms with van der Waals surface area (Å²) in [5, 5.41) is 2.70. The van der Waals surface area contributed by atoms with Gasteiger partial charge in [-0.05, 0) is 37.1 Å². The second kappa shape index (κ2) is 5.75. The Bertz CT molecular complexity index is 767. The Morgan fingerprint density at radius 2 is 1.71 bits per heavy atom. The third kappa shape index (κ3) is 2.53. The highest BCUT2D eigenvalue weighted by atomic mass is 32.2. The molecule has 0 bridgehead atoms. The van der Waals surface area contributed by atoms with E-state index in [0.717, 1.165) is 4.90 Å². The van der Waals surface area contributed by atoms with Crippen molar-refractivity contribution >= 4 is 22.0 Å². The first kappa shape index (κ1) is 16.7. The van der Waals surface area contributed by atoms with Gasteiger partial charge in [-0.1, -0.05) is 0 Å². The summed E-state index contributed by atoms with van der Waals surface area (Å²) in [6.45, 7) is 0.350. The van der Waals surface area contributed by atoms with Gasteiger partial charge in [0.15, 0.2) is 0 Å². The van der Waals surface area contributed by atoms with Crippen LogP contribution in [-0.2, 0) is 14.8 Å². The zero-order valence-electron chi connectivity index (χ0n) is 13.5. The average molecular weight is 353 g/mol. The third-order valence-corrected chi connectivity index (χ3v) is 6.55. The molecule has 24 heavy (non-hydrogen) atoms. The molecular formula is C15H19N3O5S. The van der Waals surface area contributed by atoms with Crippen molar-refractivity contribution in [2.45, 2.75) is 23.3 Å². The predicted molar refractivity (Wildman–Crippen MR) is 85.0 cm³/mol. The van der Waals surface area contributed by atoms with E-state index in [4.69, 9.17) is 4.74 Å². The minimum atomic E-state index is -3.64. The Morgan fingerprint density at radius 3 is 2.17 bits per heavy atom. The fraction of sp³-hybridized carbons (Fsp3) is 0.467. The van der Waals surface area contributed by atoms with Crippen LogP contribution in [0.5, 0.6) is 5.75 Å². The van der Waals surface area contributed by atoms with Crippen LogP contribution in [0.15, 0.2) is 29.2 Å². The zero-order valence-corrected chi connectivity index (χ0v) is 14.3. The molecule has 1 spiro atoms.